The maximum Gasteiger partial charge on any atom is 0.177 e. The summed E-state index contributed by atoms with van der Waals surface area (Å²) < 4.78 is 2.79. The van der Waals surface area contributed by atoms with Gasteiger partial charge in [-0.1, -0.05) is 12.1 Å². The molecule has 4 heteroatoms. The lowest BCUT2D eigenvalue weighted by atomic mass is 10.1. The van der Waals surface area contributed by atoms with E-state index in [-0.39, 0.29) is 0 Å². The van der Waals surface area contributed by atoms with Crippen LogP contribution in [0.3, 0.4) is 0 Å². The molecule has 1 aromatic carbocycles. The van der Waals surface area contributed by atoms with Crippen molar-refractivity contribution >= 4 is 26.7 Å². The van der Waals surface area contributed by atoms with Crippen LogP contribution in [0.2, 0.25) is 0 Å². The predicted molar refractivity (Wildman–Crippen MR) is 71.6 cm³/mol. The molecule has 0 aliphatic heterocycles. The fourth-order valence-corrected chi connectivity index (χ4v) is 2.12. The van der Waals surface area contributed by atoms with Gasteiger partial charge in [-0.3, -0.25) is 4.98 Å². The number of benzene rings is 1. The van der Waals surface area contributed by atoms with E-state index >= 15 is 0 Å². The molecule has 0 aliphatic carbocycles. The van der Waals surface area contributed by atoms with Crippen molar-refractivity contribution in [2.75, 3.05) is 0 Å². The zero-order valence-electron chi connectivity index (χ0n) is 9.26. The Kier molecular flexibility index (Phi) is 2.44. The van der Waals surface area contributed by atoms with Crippen LogP contribution in [-0.4, -0.2) is 14.5 Å². The lowest BCUT2D eigenvalue weighted by molar-refractivity contribution is 0.881. The van der Waals surface area contributed by atoms with Gasteiger partial charge in [-0.25, -0.2) is 4.98 Å². The highest BCUT2D eigenvalue weighted by Crippen LogP contribution is 2.24. The van der Waals surface area contributed by atoms with E-state index in [2.05, 4.69) is 44.1 Å². The van der Waals surface area contributed by atoms with Gasteiger partial charge >= 0.3 is 0 Å². The highest BCUT2D eigenvalue weighted by molar-refractivity contribution is 9.10. The Balaban J connectivity index is 2.17. The van der Waals surface area contributed by atoms with Crippen LogP contribution in [0.5, 0.6) is 0 Å². The summed E-state index contributed by atoms with van der Waals surface area (Å²) in [7, 11) is 1.96. The second-order valence-corrected chi connectivity index (χ2v) is 4.65. The molecule has 0 fully saturated rings. The van der Waals surface area contributed by atoms with Crippen molar-refractivity contribution in [3.8, 4) is 11.3 Å². The molecule has 2 aromatic heterocycles. The molecule has 0 N–H and O–H groups in total. The molecule has 0 aliphatic rings. The van der Waals surface area contributed by atoms with E-state index in [1.165, 1.54) is 5.39 Å². The van der Waals surface area contributed by atoms with Gasteiger partial charge in [0.15, 0.2) is 4.73 Å². The van der Waals surface area contributed by atoms with Gasteiger partial charge in [0.1, 0.15) is 0 Å². The number of rotatable bonds is 1. The molecule has 3 aromatic rings. The molecule has 0 saturated carbocycles. The fourth-order valence-electron chi connectivity index (χ4n) is 1.83. The first-order chi connectivity index (χ1) is 8.24. The van der Waals surface area contributed by atoms with Gasteiger partial charge < -0.3 is 4.57 Å². The summed E-state index contributed by atoms with van der Waals surface area (Å²) in [5, 5.41) is 2.32. The highest BCUT2D eigenvalue weighted by atomic mass is 79.9. The molecule has 0 bridgehead atoms. The Morgan fingerprint density at radius 3 is 2.82 bits per heavy atom. The van der Waals surface area contributed by atoms with Crippen molar-refractivity contribution < 1.29 is 0 Å². The third-order valence-corrected chi connectivity index (χ3v) is 3.49. The van der Waals surface area contributed by atoms with Gasteiger partial charge in [0.2, 0.25) is 0 Å². The average Bonchev–Trinajstić information content (AvgIpc) is 2.69. The lowest BCUT2D eigenvalue weighted by Gasteiger charge is -2.00. The number of fused-ring (bicyclic) bond motifs is 1. The average molecular weight is 288 g/mol. The van der Waals surface area contributed by atoms with E-state index < -0.39 is 0 Å². The SMILES string of the molecule is Cn1cc(-c2ccc3cnccc3c2)nc1Br. The number of pyridine rings is 1. The van der Waals surface area contributed by atoms with Crippen LogP contribution in [0.25, 0.3) is 22.0 Å². The minimum atomic E-state index is 0.835. The van der Waals surface area contributed by atoms with Gasteiger partial charge in [0.05, 0.1) is 5.69 Å². The summed E-state index contributed by atoms with van der Waals surface area (Å²) >= 11 is 3.40. The van der Waals surface area contributed by atoms with Gasteiger partial charge in [0.25, 0.3) is 0 Å². The standard InChI is InChI=1S/C13H10BrN3/c1-17-8-12(16-13(17)14)10-2-3-11-7-15-5-4-9(11)6-10/h2-8H,1H3. The summed E-state index contributed by atoms with van der Waals surface area (Å²) in [6, 6.07) is 8.28. The van der Waals surface area contributed by atoms with Crippen LogP contribution in [-0.2, 0) is 7.05 Å². The molecule has 0 spiro atoms. The van der Waals surface area contributed by atoms with Gasteiger partial charge in [-0.2, -0.15) is 0 Å². The van der Waals surface area contributed by atoms with Crippen LogP contribution in [0.15, 0.2) is 47.6 Å². The van der Waals surface area contributed by atoms with E-state index in [4.69, 9.17) is 0 Å². The first kappa shape index (κ1) is 10.5. The van der Waals surface area contributed by atoms with Gasteiger partial charge in [-0.05, 0) is 33.4 Å². The van der Waals surface area contributed by atoms with Crippen LogP contribution < -0.4 is 0 Å². The van der Waals surface area contributed by atoms with Crippen LogP contribution in [0, 0.1) is 0 Å². The molecular formula is C13H10BrN3. The predicted octanol–water partition coefficient (Wildman–Crippen LogP) is 3.40. The maximum absolute atomic E-state index is 4.45. The molecule has 17 heavy (non-hydrogen) atoms. The summed E-state index contributed by atoms with van der Waals surface area (Å²) in [6.45, 7) is 0. The normalized spacial score (nSPS) is 10.9. The Bertz CT molecular complexity index is 668. The molecular weight excluding hydrogens is 278 g/mol. The summed E-state index contributed by atoms with van der Waals surface area (Å²) in [6.07, 6.45) is 5.68. The van der Waals surface area contributed by atoms with E-state index in [0.717, 1.165) is 21.4 Å². The third-order valence-electron chi connectivity index (χ3n) is 2.76. The lowest BCUT2D eigenvalue weighted by Crippen LogP contribution is -1.82. The molecule has 3 nitrogen and oxygen atoms in total. The molecule has 0 saturated heterocycles. The maximum atomic E-state index is 4.45. The van der Waals surface area contributed by atoms with Crippen LogP contribution >= 0.6 is 15.9 Å². The number of hydrogen-bond acceptors (Lipinski definition) is 2. The van der Waals surface area contributed by atoms with Crippen LogP contribution in [0.1, 0.15) is 0 Å². The Labute approximate surface area is 107 Å². The summed E-state index contributed by atoms with van der Waals surface area (Å²) in [5.74, 6) is 0. The highest BCUT2D eigenvalue weighted by Gasteiger charge is 2.05. The number of imidazole rings is 1. The molecule has 3 rings (SSSR count). The van der Waals surface area contributed by atoms with Crippen molar-refractivity contribution in [2.45, 2.75) is 0 Å². The number of aromatic nitrogens is 3. The smallest absolute Gasteiger partial charge is 0.177 e. The second kappa shape index (κ2) is 3.96. The zero-order valence-corrected chi connectivity index (χ0v) is 10.8. The minimum Gasteiger partial charge on any atom is -0.328 e. The van der Waals surface area contributed by atoms with Gasteiger partial charge in [0, 0.05) is 36.6 Å². The van der Waals surface area contributed by atoms with Crippen molar-refractivity contribution in [1.29, 1.82) is 0 Å². The fraction of sp³-hybridized carbons (Fsp3) is 0.0769. The third kappa shape index (κ3) is 1.85. The molecule has 2 heterocycles. The summed E-state index contributed by atoms with van der Waals surface area (Å²) in [5.41, 5.74) is 2.09. The first-order valence-corrected chi connectivity index (χ1v) is 6.06. The molecule has 0 radical (unpaired) electrons. The monoisotopic (exact) mass is 287 g/mol. The second-order valence-electron chi connectivity index (χ2n) is 3.94. The number of hydrogen-bond donors (Lipinski definition) is 0. The Hall–Kier alpha value is -1.68. The van der Waals surface area contributed by atoms with Gasteiger partial charge in [-0.15, -0.1) is 0 Å². The van der Waals surface area contributed by atoms with Crippen LogP contribution in [0.4, 0.5) is 0 Å². The Morgan fingerprint density at radius 2 is 2.06 bits per heavy atom. The topological polar surface area (TPSA) is 30.7 Å². The van der Waals surface area contributed by atoms with Crippen molar-refractivity contribution in [1.82, 2.24) is 14.5 Å². The first-order valence-electron chi connectivity index (χ1n) is 5.27. The van der Waals surface area contributed by atoms with E-state index in [0.29, 0.717) is 0 Å². The molecule has 0 atom stereocenters. The van der Waals surface area contributed by atoms with Crippen molar-refractivity contribution in [2.24, 2.45) is 7.05 Å². The molecule has 84 valence electrons. The quantitative estimate of drug-likeness (QED) is 0.687. The number of aryl methyl sites for hydroxylation is 1. The van der Waals surface area contributed by atoms with E-state index in [1.807, 2.05) is 30.1 Å². The largest absolute Gasteiger partial charge is 0.328 e. The summed E-state index contributed by atoms with van der Waals surface area (Å²) in [4.78, 5) is 8.56. The van der Waals surface area contributed by atoms with Crippen molar-refractivity contribution in [3.63, 3.8) is 0 Å². The van der Waals surface area contributed by atoms with E-state index in [9.17, 15) is 0 Å². The molecule has 0 amide bonds. The van der Waals surface area contributed by atoms with Crippen molar-refractivity contribution in [3.05, 3.63) is 47.6 Å². The Morgan fingerprint density at radius 1 is 1.18 bits per heavy atom. The number of nitrogens with zero attached hydrogens (tertiary/aromatic N) is 3. The number of halogens is 1. The van der Waals surface area contributed by atoms with E-state index in [1.54, 1.807) is 6.20 Å². The minimum absolute atomic E-state index is 0.835. The zero-order chi connectivity index (χ0) is 11.8. The molecule has 0 unspecified atom stereocenters.